The van der Waals surface area contributed by atoms with E-state index >= 15 is 0 Å². The minimum Gasteiger partial charge on any atom is -0.480 e. The molecule has 0 bridgehead atoms. The van der Waals surface area contributed by atoms with E-state index in [9.17, 15) is 9.59 Å². The van der Waals surface area contributed by atoms with Crippen molar-refractivity contribution < 1.29 is 19.4 Å². The molecule has 0 fully saturated rings. The van der Waals surface area contributed by atoms with Gasteiger partial charge < -0.3 is 15.2 Å². The molecule has 0 aliphatic heterocycles. The Hall–Kier alpha value is -1.15. The normalized spacial score (nSPS) is 11.9. The van der Waals surface area contributed by atoms with Crippen molar-refractivity contribution >= 4 is 34.5 Å². The van der Waals surface area contributed by atoms with Gasteiger partial charge in [0.1, 0.15) is 12.6 Å². The van der Waals surface area contributed by atoms with Crippen molar-refractivity contribution in [3.63, 3.8) is 0 Å². The van der Waals surface area contributed by atoms with Crippen molar-refractivity contribution in [1.82, 2.24) is 5.32 Å². The molecule has 2 N–H and O–H groups in total. The number of amides is 1. The van der Waals surface area contributed by atoms with Crippen LogP contribution in [0.5, 0.6) is 0 Å². The molecule has 0 heterocycles. The van der Waals surface area contributed by atoms with Gasteiger partial charge in [0.25, 0.3) is 0 Å². The molecule has 0 aliphatic carbocycles. The fourth-order valence-corrected chi connectivity index (χ4v) is 2.12. The lowest BCUT2D eigenvalue weighted by Crippen LogP contribution is -2.44. The second-order valence-corrected chi connectivity index (χ2v) is 5.05. The Morgan fingerprint density at radius 2 is 2.11 bits per heavy atom. The molecule has 0 saturated heterocycles. The number of carbonyl (C=O) groups excluding carboxylic acids is 1. The number of benzene rings is 1. The summed E-state index contributed by atoms with van der Waals surface area (Å²) in [4.78, 5) is 22.7. The molecule has 0 radical (unpaired) electrons. The van der Waals surface area contributed by atoms with Gasteiger partial charge in [-0.1, -0.05) is 18.2 Å². The second kappa shape index (κ2) is 8.11. The van der Waals surface area contributed by atoms with E-state index in [0.717, 1.165) is 9.13 Å². The minimum atomic E-state index is -1.05. The van der Waals surface area contributed by atoms with Crippen LogP contribution in [-0.2, 0) is 20.7 Å². The van der Waals surface area contributed by atoms with Crippen LogP contribution in [0.25, 0.3) is 0 Å². The fourth-order valence-electron chi connectivity index (χ4n) is 1.51. The van der Waals surface area contributed by atoms with Crippen LogP contribution >= 0.6 is 22.6 Å². The van der Waals surface area contributed by atoms with Crippen LogP contribution in [0.3, 0.4) is 0 Å². The van der Waals surface area contributed by atoms with E-state index in [-0.39, 0.29) is 13.0 Å². The summed E-state index contributed by atoms with van der Waals surface area (Å²) in [5.41, 5.74) is 0.896. The van der Waals surface area contributed by atoms with Gasteiger partial charge in [-0.25, -0.2) is 4.79 Å². The van der Waals surface area contributed by atoms with Crippen LogP contribution in [-0.4, -0.2) is 36.2 Å². The predicted octanol–water partition coefficient (Wildman–Crippen LogP) is 1.44. The number of halogens is 1. The van der Waals surface area contributed by atoms with Gasteiger partial charge in [-0.3, -0.25) is 4.79 Å². The van der Waals surface area contributed by atoms with E-state index in [0.29, 0.717) is 6.61 Å². The molecule has 0 aliphatic rings. The van der Waals surface area contributed by atoms with Crippen LogP contribution < -0.4 is 5.32 Å². The lowest BCUT2D eigenvalue weighted by molar-refractivity contribution is -0.142. The van der Waals surface area contributed by atoms with Gasteiger partial charge in [0.2, 0.25) is 5.91 Å². The summed E-state index contributed by atoms with van der Waals surface area (Å²) in [7, 11) is 0. The monoisotopic (exact) mass is 377 g/mol. The molecule has 1 rings (SSSR count). The quantitative estimate of drug-likeness (QED) is 0.706. The molecule has 0 saturated carbocycles. The van der Waals surface area contributed by atoms with Gasteiger partial charge >= 0.3 is 5.97 Å². The summed E-state index contributed by atoms with van der Waals surface area (Å²) in [6.45, 7) is 2.07. The zero-order valence-corrected chi connectivity index (χ0v) is 12.7. The molecule has 0 unspecified atom stereocenters. The topological polar surface area (TPSA) is 75.6 Å². The average molecular weight is 377 g/mol. The Balaban J connectivity index is 2.66. The molecule has 0 spiro atoms. The number of aliphatic carboxylic acids is 1. The van der Waals surface area contributed by atoms with Gasteiger partial charge in [0.05, 0.1) is 0 Å². The van der Waals surface area contributed by atoms with Gasteiger partial charge in [-0.05, 0) is 41.1 Å². The lowest BCUT2D eigenvalue weighted by atomic mass is 10.1. The van der Waals surface area contributed by atoms with E-state index < -0.39 is 17.9 Å². The van der Waals surface area contributed by atoms with Crippen LogP contribution in [0.2, 0.25) is 0 Å². The predicted molar refractivity (Wildman–Crippen MR) is 78.9 cm³/mol. The third kappa shape index (κ3) is 5.56. The van der Waals surface area contributed by atoms with Crippen LogP contribution in [0.4, 0.5) is 0 Å². The average Bonchev–Trinajstić information content (AvgIpc) is 2.38. The number of hydrogen-bond acceptors (Lipinski definition) is 3. The zero-order chi connectivity index (χ0) is 14.3. The number of rotatable bonds is 7. The highest BCUT2D eigenvalue weighted by Gasteiger charge is 2.21. The van der Waals surface area contributed by atoms with Crippen molar-refractivity contribution in [1.29, 1.82) is 0 Å². The molecular formula is C13H16INO4. The molecular weight excluding hydrogens is 361 g/mol. The van der Waals surface area contributed by atoms with E-state index in [4.69, 9.17) is 9.84 Å². The molecule has 1 aromatic rings. The number of hydrogen-bond donors (Lipinski definition) is 2. The fraction of sp³-hybridized carbons (Fsp3) is 0.385. The molecule has 19 heavy (non-hydrogen) atoms. The summed E-state index contributed by atoms with van der Waals surface area (Å²) < 4.78 is 5.92. The number of ether oxygens (including phenoxy) is 1. The smallest absolute Gasteiger partial charge is 0.326 e. The molecule has 6 heteroatoms. The van der Waals surface area contributed by atoms with Gasteiger partial charge in [0.15, 0.2) is 0 Å². The van der Waals surface area contributed by atoms with E-state index in [1.54, 1.807) is 6.92 Å². The zero-order valence-electron chi connectivity index (χ0n) is 10.6. The highest BCUT2D eigenvalue weighted by molar-refractivity contribution is 14.1. The number of carboxylic acids is 1. The summed E-state index contributed by atoms with van der Waals surface area (Å²) in [5, 5.41) is 11.6. The Morgan fingerprint density at radius 3 is 2.68 bits per heavy atom. The van der Waals surface area contributed by atoms with Crippen LogP contribution in [0.1, 0.15) is 12.5 Å². The molecule has 1 aromatic carbocycles. The minimum absolute atomic E-state index is 0.119. The first-order chi connectivity index (χ1) is 9.04. The molecule has 1 atom stereocenters. The van der Waals surface area contributed by atoms with Gasteiger partial charge in [-0.15, -0.1) is 0 Å². The Bertz CT molecular complexity index is 450. The SMILES string of the molecule is CCOCC(=O)N[C@@H](Cc1ccccc1I)C(=O)O. The van der Waals surface area contributed by atoms with E-state index in [1.807, 2.05) is 24.3 Å². The molecule has 104 valence electrons. The Kier molecular flexibility index (Phi) is 6.79. The summed E-state index contributed by atoms with van der Waals surface area (Å²) in [6.07, 6.45) is 0.256. The first-order valence-corrected chi connectivity index (χ1v) is 6.95. The lowest BCUT2D eigenvalue weighted by Gasteiger charge is -2.15. The largest absolute Gasteiger partial charge is 0.480 e. The van der Waals surface area contributed by atoms with Crippen molar-refractivity contribution in [2.45, 2.75) is 19.4 Å². The van der Waals surface area contributed by atoms with E-state index in [2.05, 4.69) is 27.9 Å². The van der Waals surface area contributed by atoms with Gasteiger partial charge in [0, 0.05) is 16.6 Å². The summed E-state index contributed by atoms with van der Waals surface area (Å²) in [6, 6.07) is 6.54. The highest BCUT2D eigenvalue weighted by Crippen LogP contribution is 2.13. The van der Waals surface area contributed by atoms with Crippen molar-refractivity contribution in [2.75, 3.05) is 13.2 Å². The first kappa shape index (κ1) is 15.9. The van der Waals surface area contributed by atoms with Crippen molar-refractivity contribution in [3.05, 3.63) is 33.4 Å². The summed E-state index contributed by atoms with van der Waals surface area (Å²) >= 11 is 2.14. The van der Waals surface area contributed by atoms with Gasteiger partial charge in [-0.2, -0.15) is 0 Å². The maximum atomic E-state index is 11.5. The maximum absolute atomic E-state index is 11.5. The number of carboxylic acid groups (broad SMARTS) is 1. The summed E-state index contributed by atoms with van der Waals surface area (Å²) in [5.74, 6) is -1.47. The molecule has 1 amide bonds. The second-order valence-electron chi connectivity index (χ2n) is 3.89. The van der Waals surface area contributed by atoms with E-state index in [1.165, 1.54) is 0 Å². The van der Waals surface area contributed by atoms with Crippen molar-refractivity contribution in [3.8, 4) is 0 Å². The Labute approximate surface area is 125 Å². The number of carbonyl (C=O) groups is 2. The standard InChI is InChI=1S/C13H16INO4/c1-2-19-8-12(16)15-11(13(17)18)7-9-5-3-4-6-10(9)14/h3-6,11H,2,7-8H2,1H3,(H,15,16)(H,17,18)/t11-/m0/s1. The molecule has 0 aromatic heterocycles. The Morgan fingerprint density at radius 1 is 1.42 bits per heavy atom. The maximum Gasteiger partial charge on any atom is 0.326 e. The van der Waals surface area contributed by atoms with Crippen molar-refractivity contribution in [2.24, 2.45) is 0 Å². The third-order valence-corrected chi connectivity index (χ3v) is 3.50. The van der Waals surface area contributed by atoms with Crippen LogP contribution in [0.15, 0.2) is 24.3 Å². The van der Waals surface area contributed by atoms with Crippen LogP contribution in [0, 0.1) is 3.57 Å². The first-order valence-electron chi connectivity index (χ1n) is 5.88. The molecule has 5 nitrogen and oxygen atoms in total. The number of nitrogens with one attached hydrogen (secondary N) is 1. The third-order valence-electron chi connectivity index (χ3n) is 2.45. The highest BCUT2D eigenvalue weighted by atomic mass is 127.